The third-order valence-electron chi connectivity index (χ3n) is 4.02. The summed E-state index contributed by atoms with van der Waals surface area (Å²) < 4.78 is 10.4. The number of hydrogen-bond acceptors (Lipinski definition) is 6. The lowest BCUT2D eigenvalue weighted by Crippen LogP contribution is -2.37. The first kappa shape index (κ1) is 16.8. The summed E-state index contributed by atoms with van der Waals surface area (Å²) in [5, 5.41) is 3.38. The third-order valence-corrected chi connectivity index (χ3v) is 5.02. The van der Waals surface area contributed by atoms with Crippen LogP contribution in [0.15, 0.2) is 30.3 Å². The van der Waals surface area contributed by atoms with Crippen molar-refractivity contribution in [1.29, 1.82) is 0 Å². The number of benzene rings is 1. The van der Waals surface area contributed by atoms with E-state index in [1.165, 1.54) is 16.9 Å². The van der Waals surface area contributed by atoms with Gasteiger partial charge in [0, 0.05) is 35.1 Å². The van der Waals surface area contributed by atoms with Gasteiger partial charge in [0.25, 0.3) is 0 Å². The van der Waals surface area contributed by atoms with E-state index in [1.807, 2.05) is 18.2 Å². The van der Waals surface area contributed by atoms with E-state index in [0.29, 0.717) is 18.8 Å². The number of methoxy groups -OCH3 is 1. The minimum Gasteiger partial charge on any atom is -0.465 e. The molecule has 2 heterocycles. The highest BCUT2D eigenvalue weighted by atomic mass is 32.1. The van der Waals surface area contributed by atoms with E-state index in [-0.39, 0.29) is 5.97 Å². The lowest BCUT2D eigenvalue weighted by Gasteiger charge is -2.30. The molecule has 6 heteroatoms. The fourth-order valence-electron chi connectivity index (χ4n) is 2.77. The van der Waals surface area contributed by atoms with Crippen LogP contribution in [0.4, 0.5) is 11.4 Å². The zero-order valence-electron chi connectivity index (χ0n) is 14.0. The topological polar surface area (TPSA) is 50.8 Å². The van der Waals surface area contributed by atoms with Gasteiger partial charge in [-0.25, -0.2) is 4.79 Å². The maximum atomic E-state index is 12.2. The van der Waals surface area contributed by atoms with Gasteiger partial charge in [0.15, 0.2) is 0 Å². The van der Waals surface area contributed by atoms with Gasteiger partial charge >= 0.3 is 5.97 Å². The maximum absolute atomic E-state index is 12.2. The summed E-state index contributed by atoms with van der Waals surface area (Å²) in [6.07, 6.45) is 0. The van der Waals surface area contributed by atoms with Gasteiger partial charge in [0.05, 0.1) is 31.6 Å². The summed E-state index contributed by atoms with van der Waals surface area (Å²) >= 11 is 1.77. The predicted molar refractivity (Wildman–Crippen MR) is 97.2 cm³/mol. The van der Waals surface area contributed by atoms with Crippen LogP contribution in [0.3, 0.4) is 0 Å². The molecule has 3 rings (SSSR count). The maximum Gasteiger partial charge on any atom is 0.340 e. The molecule has 1 aliphatic heterocycles. The molecule has 1 aromatic carbocycles. The van der Waals surface area contributed by atoms with Gasteiger partial charge in [0.1, 0.15) is 0 Å². The highest BCUT2D eigenvalue weighted by molar-refractivity contribution is 7.11. The summed E-state index contributed by atoms with van der Waals surface area (Å²) in [5.74, 6) is -0.313. The van der Waals surface area contributed by atoms with E-state index < -0.39 is 0 Å². The van der Waals surface area contributed by atoms with Crippen LogP contribution in [0.1, 0.15) is 20.1 Å². The second kappa shape index (κ2) is 7.68. The van der Waals surface area contributed by atoms with Gasteiger partial charge in [-0.05, 0) is 37.3 Å². The SMILES string of the molecule is COC(=O)c1cc(NCc2ccc(C)s2)ccc1N1CCOCC1. The number of hydrogen-bond donors (Lipinski definition) is 1. The van der Waals surface area contributed by atoms with Crippen LogP contribution in [-0.2, 0) is 16.0 Å². The molecule has 1 aromatic heterocycles. The van der Waals surface area contributed by atoms with E-state index in [4.69, 9.17) is 9.47 Å². The Hall–Kier alpha value is -2.05. The third kappa shape index (κ3) is 3.88. The van der Waals surface area contributed by atoms with Crippen molar-refractivity contribution < 1.29 is 14.3 Å². The highest BCUT2D eigenvalue weighted by Crippen LogP contribution is 2.27. The highest BCUT2D eigenvalue weighted by Gasteiger charge is 2.19. The molecule has 0 atom stereocenters. The lowest BCUT2D eigenvalue weighted by molar-refractivity contribution is 0.0600. The van der Waals surface area contributed by atoms with E-state index in [1.54, 1.807) is 11.3 Å². The Morgan fingerprint density at radius 1 is 1.29 bits per heavy atom. The Balaban J connectivity index is 1.79. The van der Waals surface area contributed by atoms with Crippen LogP contribution in [0.5, 0.6) is 0 Å². The first-order valence-corrected chi connectivity index (χ1v) is 8.83. The fraction of sp³-hybridized carbons (Fsp3) is 0.389. The monoisotopic (exact) mass is 346 g/mol. The molecule has 0 unspecified atom stereocenters. The summed E-state index contributed by atoms with van der Waals surface area (Å²) in [6.45, 7) is 5.77. The summed E-state index contributed by atoms with van der Waals surface area (Å²) in [4.78, 5) is 16.9. The van der Waals surface area contributed by atoms with Crippen LogP contribution >= 0.6 is 11.3 Å². The first-order valence-electron chi connectivity index (χ1n) is 8.01. The number of morpholine rings is 1. The number of nitrogens with one attached hydrogen (secondary N) is 1. The van der Waals surface area contributed by atoms with Crippen molar-refractivity contribution in [2.24, 2.45) is 0 Å². The molecule has 128 valence electrons. The molecule has 1 saturated heterocycles. The normalized spacial score (nSPS) is 14.5. The van der Waals surface area contributed by atoms with E-state index in [2.05, 4.69) is 29.3 Å². The lowest BCUT2D eigenvalue weighted by atomic mass is 10.1. The molecule has 0 radical (unpaired) electrons. The molecule has 1 fully saturated rings. The van der Waals surface area contributed by atoms with Gasteiger partial charge in [-0.2, -0.15) is 0 Å². The number of rotatable bonds is 5. The van der Waals surface area contributed by atoms with Crippen LogP contribution in [-0.4, -0.2) is 39.4 Å². The van der Waals surface area contributed by atoms with Gasteiger partial charge in [0.2, 0.25) is 0 Å². The standard InChI is InChI=1S/C18H22N2O3S/c1-13-3-5-15(24-13)12-19-14-4-6-17(16(11-14)18(21)22-2)20-7-9-23-10-8-20/h3-6,11,19H,7-10,12H2,1-2H3. The van der Waals surface area contributed by atoms with Crippen molar-refractivity contribution in [2.75, 3.05) is 43.6 Å². The van der Waals surface area contributed by atoms with Crippen LogP contribution < -0.4 is 10.2 Å². The quantitative estimate of drug-likeness (QED) is 0.842. The molecule has 0 saturated carbocycles. The average molecular weight is 346 g/mol. The number of aryl methyl sites for hydroxylation is 1. The number of nitrogens with zero attached hydrogens (tertiary/aromatic N) is 1. The van der Waals surface area contributed by atoms with Crippen molar-refractivity contribution in [1.82, 2.24) is 0 Å². The van der Waals surface area contributed by atoms with Crippen LogP contribution in [0.2, 0.25) is 0 Å². The number of ether oxygens (including phenoxy) is 2. The molecule has 1 aliphatic rings. The number of anilines is 2. The van der Waals surface area contributed by atoms with Gasteiger partial charge in [-0.15, -0.1) is 11.3 Å². The van der Waals surface area contributed by atoms with Gasteiger partial charge in [-0.1, -0.05) is 0 Å². The minimum atomic E-state index is -0.313. The number of carbonyl (C=O) groups excluding carboxylic acids is 1. The smallest absolute Gasteiger partial charge is 0.340 e. The Kier molecular flexibility index (Phi) is 5.37. The Bertz CT molecular complexity index is 708. The second-order valence-electron chi connectivity index (χ2n) is 5.69. The van der Waals surface area contributed by atoms with Gasteiger partial charge in [-0.3, -0.25) is 0 Å². The van der Waals surface area contributed by atoms with E-state index >= 15 is 0 Å². The molecular weight excluding hydrogens is 324 g/mol. The average Bonchev–Trinajstić information content (AvgIpc) is 3.05. The van der Waals surface area contributed by atoms with Crippen molar-refractivity contribution in [3.63, 3.8) is 0 Å². The van der Waals surface area contributed by atoms with Crippen molar-refractivity contribution in [3.8, 4) is 0 Å². The van der Waals surface area contributed by atoms with Crippen LogP contribution in [0.25, 0.3) is 0 Å². The zero-order valence-corrected chi connectivity index (χ0v) is 14.8. The molecule has 2 aromatic rings. The van der Waals surface area contributed by atoms with Crippen LogP contribution in [0, 0.1) is 6.92 Å². The molecule has 1 N–H and O–H groups in total. The Labute approximate surface area is 146 Å². The Morgan fingerprint density at radius 3 is 2.75 bits per heavy atom. The second-order valence-corrected chi connectivity index (χ2v) is 7.06. The molecule has 0 bridgehead atoms. The molecule has 0 aliphatic carbocycles. The molecular formula is C18H22N2O3S. The minimum absolute atomic E-state index is 0.313. The van der Waals surface area contributed by atoms with Gasteiger partial charge < -0.3 is 19.7 Å². The summed E-state index contributed by atoms with van der Waals surface area (Å²) in [5.41, 5.74) is 2.41. The van der Waals surface area contributed by atoms with E-state index in [0.717, 1.165) is 31.0 Å². The van der Waals surface area contributed by atoms with Crippen molar-refractivity contribution in [3.05, 3.63) is 45.6 Å². The Morgan fingerprint density at radius 2 is 2.08 bits per heavy atom. The molecule has 5 nitrogen and oxygen atoms in total. The predicted octanol–water partition coefficient (Wildman–Crippen LogP) is 3.29. The summed E-state index contributed by atoms with van der Waals surface area (Å²) in [6, 6.07) is 10.1. The summed E-state index contributed by atoms with van der Waals surface area (Å²) in [7, 11) is 1.42. The molecule has 24 heavy (non-hydrogen) atoms. The molecule has 0 amide bonds. The molecule has 0 spiro atoms. The van der Waals surface area contributed by atoms with Crippen molar-refractivity contribution in [2.45, 2.75) is 13.5 Å². The first-order chi connectivity index (χ1) is 11.7. The van der Waals surface area contributed by atoms with Crippen molar-refractivity contribution >= 4 is 28.7 Å². The largest absolute Gasteiger partial charge is 0.465 e. The number of esters is 1. The number of thiophene rings is 1. The number of carbonyl (C=O) groups is 1. The fourth-order valence-corrected chi connectivity index (χ4v) is 3.60. The van der Waals surface area contributed by atoms with E-state index in [9.17, 15) is 4.79 Å². The zero-order chi connectivity index (χ0) is 16.9.